The molecule has 4 rings (SSSR count). The van der Waals surface area contributed by atoms with Crippen molar-refractivity contribution in [2.45, 2.75) is 38.8 Å². The molecule has 1 N–H and O–H groups in total. The summed E-state index contributed by atoms with van der Waals surface area (Å²) in [6.45, 7) is 4.29. The first kappa shape index (κ1) is 25.0. The van der Waals surface area contributed by atoms with Gasteiger partial charge in [-0.05, 0) is 79.7 Å². The molecule has 0 unspecified atom stereocenters. The Bertz CT molecular complexity index is 1120. The van der Waals surface area contributed by atoms with Gasteiger partial charge in [-0.15, -0.1) is 0 Å². The third-order valence-electron chi connectivity index (χ3n) is 6.79. The van der Waals surface area contributed by atoms with E-state index in [1.54, 1.807) is 12.1 Å². The quantitative estimate of drug-likeness (QED) is 0.451. The number of amides is 2. The molecule has 1 aromatic heterocycles. The highest BCUT2D eigenvalue weighted by Crippen LogP contribution is 2.30. The molecule has 7 heteroatoms. The van der Waals surface area contributed by atoms with Crippen molar-refractivity contribution in [1.29, 1.82) is 0 Å². The number of anilines is 1. The second-order valence-electron chi connectivity index (χ2n) is 9.25. The lowest BCUT2D eigenvalue weighted by molar-refractivity contribution is -0.114. The summed E-state index contributed by atoms with van der Waals surface area (Å²) >= 11 is 6.49. The molecule has 2 amide bonds. The maximum absolute atomic E-state index is 13.1. The van der Waals surface area contributed by atoms with Crippen LogP contribution < -0.4 is 5.32 Å². The van der Waals surface area contributed by atoms with E-state index in [2.05, 4.69) is 22.3 Å². The van der Waals surface area contributed by atoms with Gasteiger partial charge in [0.1, 0.15) is 0 Å². The minimum Gasteiger partial charge on any atom is -0.459 e. The lowest BCUT2D eigenvalue weighted by Crippen LogP contribution is -2.47. The first-order valence-corrected chi connectivity index (χ1v) is 12.4. The number of furan rings is 1. The number of carbonyl (C=O) groups excluding carboxylic acids is 2. The molecule has 1 aliphatic rings. The molecule has 2 aromatic carbocycles. The lowest BCUT2D eigenvalue weighted by Gasteiger charge is -2.40. The monoisotopic (exact) mass is 493 g/mol. The van der Waals surface area contributed by atoms with Gasteiger partial charge < -0.3 is 14.6 Å². The van der Waals surface area contributed by atoms with Crippen LogP contribution in [0.15, 0.2) is 71.3 Å². The summed E-state index contributed by atoms with van der Waals surface area (Å²) in [6, 6.07) is 19.4. The van der Waals surface area contributed by atoms with E-state index in [1.807, 2.05) is 48.3 Å². The zero-order chi connectivity index (χ0) is 24.8. The number of halogens is 1. The minimum atomic E-state index is -0.103. The van der Waals surface area contributed by atoms with Crippen LogP contribution in [0.2, 0.25) is 5.02 Å². The number of benzene rings is 2. The van der Waals surface area contributed by atoms with Gasteiger partial charge >= 0.3 is 0 Å². The zero-order valence-electron chi connectivity index (χ0n) is 20.2. The first-order chi connectivity index (χ1) is 16.9. The Morgan fingerprint density at radius 3 is 2.43 bits per heavy atom. The summed E-state index contributed by atoms with van der Waals surface area (Å²) in [7, 11) is 1.87. The maximum Gasteiger partial charge on any atom is 0.289 e. The van der Waals surface area contributed by atoms with Crippen molar-refractivity contribution in [2.24, 2.45) is 5.92 Å². The fourth-order valence-corrected chi connectivity index (χ4v) is 5.10. The van der Waals surface area contributed by atoms with E-state index in [0.717, 1.165) is 48.7 Å². The van der Waals surface area contributed by atoms with Gasteiger partial charge in [-0.3, -0.25) is 14.5 Å². The van der Waals surface area contributed by atoms with E-state index in [0.29, 0.717) is 18.1 Å². The largest absolute Gasteiger partial charge is 0.459 e. The highest BCUT2D eigenvalue weighted by molar-refractivity contribution is 6.31. The van der Waals surface area contributed by atoms with E-state index in [4.69, 9.17) is 16.0 Å². The summed E-state index contributed by atoms with van der Waals surface area (Å²) in [5, 5.41) is 3.54. The van der Waals surface area contributed by atoms with Crippen LogP contribution in [0.1, 0.15) is 41.4 Å². The molecule has 0 aliphatic carbocycles. The van der Waals surface area contributed by atoms with Gasteiger partial charge in [-0.25, -0.2) is 0 Å². The number of rotatable bonds is 8. The molecule has 35 heavy (non-hydrogen) atoms. The Labute approximate surface area is 211 Å². The van der Waals surface area contributed by atoms with Crippen molar-refractivity contribution < 1.29 is 14.0 Å². The van der Waals surface area contributed by atoms with E-state index < -0.39 is 0 Å². The van der Waals surface area contributed by atoms with Crippen molar-refractivity contribution in [3.05, 3.63) is 88.8 Å². The van der Waals surface area contributed by atoms with Gasteiger partial charge in [-0.1, -0.05) is 41.9 Å². The molecule has 1 saturated heterocycles. The standard InChI is InChI=1S/C28H32ClN3O3/c1-20(33)30-24-11-9-21(10-12-24)19-32-15-13-22(14-16-32)26(18-23-6-3-4-7-25(23)29)31(2)28(34)27-8-5-17-35-27/h3-12,17,22,26H,13-16,18-19H2,1-2H3,(H,30,33)/t26-/m0/s1. The van der Waals surface area contributed by atoms with Crippen molar-refractivity contribution in [2.75, 3.05) is 25.5 Å². The summed E-state index contributed by atoms with van der Waals surface area (Å²) in [6.07, 6.45) is 4.23. The second kappa shape index (κ2) is 11.6. The number of nitrogens with one attached hydrogen (secondary N) is 1. The van der Waals surface area contributed by atoms with Crippen LogP contribution >= 0.6 is 11.6 Å². The maximum atomic E-state index is 13.1. The molecule has 1 aliphatic heterocycles. The van der Waals surface area contributed by atoms with Crippen molar-refractivity contribution in [3.8, 4) is 0 Å². The average molecular weight is 494 g/mol. The highest BCUT2D eigenvalue weighted by Gasteiger charge is 2.33. The molecule has 1 fully saturated rings. The van der Waals surface area contributed by atoms with Crippen LogP contribution in [0, 0.1) is 5.92 Å². The van der Waals surface area contributed by atoms with Crippen LogP contribution in [0.5, 0.6) is 0 Å². The molecule has 3 aromatic rings. The van der Waals surface area contributed by atoms with E-state index in [1.165, 1.54) is 18.8 Å². The number of likely N-dealkylation sites (N-methyl/N-ethyl adjacent to an activating group) is 1. The van der Waals surface area contributed by atoms with E-state index in [9.17, 15) is 9.59 Å². The van der Waals surface area contributed by atoms with Crippen molar-refractivity contribution in [1.82, 2.24) is 9.80 Å². The van der Waals surface area contributed by atoms with Gasteiger partial charge in [0.15, 0.2) is 5.76 Å². The molecule has 184 valence electrons. The van der Waals surface area contributed by atoms with Crippen LogP contribution in [0.3, 0.4) is 0 Å². The number of carbonyl (C=O) groups is 2. The highest BCUT2D eigenvalue weighted by atomic mass is 35.5. The Kier molecular flexibility index (Phi) is 8.26. The normalized spacial score (nSPS) is 15.5. The molecule has 0 saturated carbocycles. The van der Waals surface area contributed by atoms with E-state index in [-0.39, 0.29) is 17.9 Å². The number of hydrogen-bond donors (Lipinski definition) is 1. The number of hydrogen-bond acceptors (Lipinski definition) is 4. The number of likely N-dealkylation sites (tertiary alicyclic amines) is 1. The lowest BCUT2D eigenvalue weighted by atomic mass is 9.84. The SMILES string of the molecule is CC(=O)Nc1ccc(CN2CCC([C@H](Cc3ccccc3Cl)N(C)C(=O)c3ccco3)CC2)cc1. The predicted octanol–water partition coefficient (Wildman–Crippen LogP) is 5.49. The molecule has 0 radical (unpaired) electrons. The van der Waals surface area contributed by atoms with Gasteiger partial charge in [0.05, 0.1) is 6.26 Å². The fourth-order valence-electron chi connectivity index (χ4n) is 4.88. The molecule has 6 nitrogen and oxygen atoms in total. The predicted molar refractivity (Wildman–Crippen MR) is 138 cm³/mol. The van der Waals surface area contributed by atoms with Crippen LogP contribution in [-0.4, -0.2) is 47.8 Å². The minimum absolute atomic E-state index is 0.0200. The van der Waals surface area contributed by atoms with Gasteiger partial charge in [0.2, 0.25) is 5.91 Å². The first-order valence-electron chi connectivity index (χ1n) is 12.0. The zero-order valence-corrected chi connectivity index (χ0v) is 21.0. The second-order valence-corrected chi connectivity index (χ2v) is 9.66. The Hall–Kier alpha value is -3.09. The van der Waals surface area contributed by atoms with Crippen LogP contribution in [0.4, 0.5) is 5.69 Å². The molecular weight excluding hydrogens is 462 g/mol. The van der Waals surface area contributed by atoms with Crippen molar-refractivity contribution >= 4 is 29.1 Å². The molecular formula is C28H32ClN3O3. The van der Waals surface area contributed by atoms with Gasteiger partial charge in [-0.2, -0.15) is 0 Å². The molecule has 1 atom stereocenters. The Morgan fingerprint density at radius 2 is 1.80 bits per heavy atom. The summed E-state index contributed by atoms with van der Waals surface area (Å²) < 4.78 is 5.39. The smallest absolute Gasteiger partial charge is 0.289 e. The summed E-state index contributed by atoms with van der Waals surface area (Å²) in [4.78, 5) is 28.6. The fraction of sp³-hybridized carbons (Fsp3) is 0.357. The Balaban J connectivity index is 1.42. The third-order valence-corrected chi connectivity index (χ3v) is 7.16. The average Bonchev–Trinajstić information content (AvgIpc) is 3.39. The summed E-state index contributed by atoms with van der Waals surface area (Å²) in [5.74, 6) is 0.542. The van der Waals surface area contributed by atoms with Crippen molar-refractivity contribution in [3.63, 3.8) is 0 Å². The number of nitrogens with zero attached hydrogens (tertiary/aromatic N) is 2. The Morgan fingerprint density at radius 1 is 1.09 bits per heavy atom. The molecule has 0 spiro atoms. The molecule has 2 heterocycles. The number of piperidine rings is 1. The van der Waals surface area contributed by atoms with E-state index >= 15 is 0 Å². The third kappa shape index (κ3) is 6.53. The van der Waals surface area contributed by atoms with Gasteiger partial charge in [0.25, 0.3) is 5.91 Å². The van der Waals surface area contributed by atoms with Gasteiger partial charge in [0, 0.05) is 37.3 Å². The van der Waals surface area contributed by atoms with Crippen LogP contribution in [-0.2, 0) is 17.8 Å². The topological polar surface area (TPSA) is 65.8 Å². The molecule has 0 bridgehead atoms. The summed E-state index contributed by atoms with van der Waals surface area (Å²) in [5.41, 5.74) is 3.09. The van der Waals surface area contributed by atoms with Crippen LogP contribution in [0.25, 0.3) is 0 Å².